The molecule has 0 spiro atoms. The second kappa shape index (κ2) is 7.83. The number of rotatable bonds is 6. The molecular weight excluding hydrogens is 354 g/mol. The average Bonchev–Trinajstić information content (AvgIpc) is 3.04. The summed E-state index contributed by atoms with van der Waals surface area (Å²) in [7, 11) is 2.98. The number of fused-ring (bicyclic) bond motifs is 1. The summed E-state index contributed by atoms with van der Waals surface area (Å²) in [4.78, 5) is 15.7. The number of para-hydroxylation sites is 1. The first-order valence-corrected chi connectivity index (χ1v) is 8.51. The summed E-state index contributed by atoms with van der Waals surface area (Å²) in [6.07, 6.45) is 1.61. The van der Waals surface area contributed by atoms with Gasteiger partial charge < -0.3 is 14.2 Å². The Bertz CT molecular complexity index is 910. The fraction of sp³-hybridized carbons (Fsp3) is 0.167. The molecule has 0 saturated heterocycles. The summed E-state index contributed by atoms with van der Waals surface area (Å²) in [5, 5.41) is 4.90. The molecule has 0 bridgehead atoms. The van der Waals surface area contributed by atoms with Crippen LogP contribution in [0, 0.1) is 0 Å². The van der Waals surface area contributed by atoms with E-state index < -0.39 is 5.97 Å². The van der Waals surface area contributed by atoms with Crippen LogP contribution in [0.1, 0.15) is 12.5 Å². The van der Waals surface area contributed by atoms with Gasteiger partial charge in [-0.2, -0.15) is 5.10 Å². The predicted octanol–water partition coefficient (Wildman–Crippen LogP) is 3.68. The number of carbonyl (C=O) groups excluding carboxylic acids is 1. The lowest BCUT2D eigenvalue weighted by atomic mass is 10.2. The summed E-state index contributed by atoms with van der Waals surface area (Å²) in [6, 6.07) is 11.3. The van der Waals surface area contributed by atoms with Crippen molar-refractivity contribution in [2.75, 3.05) is 19.6 Å². The van der Waals surface area contributed by atoms with Gasteiger partial charge >= 0.3 is 5.97 Å². The minimum atomic E-state index is -0.458. The molecule has 7 nitrogen and oxygen atoms in total. The molecular formula is C18H17N3O4S. The molecule has 0 unspecified atom stereocenters. The Balaban J connectivity index is 1.82. The second-order valence-electron chi connectivity index (χ2n) is 5.20. The van der Waals surface area contributed by atoms with Crippen molar-refractivity contribution in [3.63, 3.8) is 0 Å². The Morgan fingerprint density at radius 1 is 1.19 bits per heavy atom. The van der Waals surface area contributed by atoms with Gasteiger partial charge in [-0.1, -0.05) is 23.5 Å². The Hall–Kier alpha value is -3.13. The van der Waals surface area contributed by atoms with Crippen molar-refractivity contribution in [1.29, 1.82) is 0 Å². The Morgan fingerprint density at radius 2 is 1.88 bits per heavy atom. The maximum absolute atomic E-state index is 11.3. The van der Waals surface area contributed by atoms with Crippen LogP contribution in [-0.2, 0) is 4.79 Å². The Kier molecular flexibility index (Phi) is 5.33. The molecule has 0 aliphatic carbocycles. The first-order chi connectivity index (χ1) is 12.6. The molecule has 0 fully saturated rings. The molecule has 3 aromatic rings. The lowest BCUT2D eigenvalue weighted by molar-refractivity contribution is -0.132. The molecule has 0 saturated carbocycles. The number of methoxy groups -OCH3 is 2. The van der Waals surface area contributed by atoms with E-state index in [2.05, 4.69) is 15.5 Å². The van der Waals surface area contributed by atoms with Gasteiger partial charge in [-0.05, 0) is 24.3 Å². The third kappa shape index (κ3) is 3.92. The van der Waals surface area contributed by atoms with Gasteiger partial charge in [0.2, 0.25) is 10.9 Å². The minimum Gasteiger partial charge on any atom is -0.493 e. The van der Waals surface area contributed by atoms with Crippen LogP contribution in [0.4, 0.5) is 5.13 Å². The van der Waals surface area contributed by atoms with E-state index >= 15 is 0 Å². The van der Waals surface area contributed by atoms with Crippen LogP contribution in [0.15, 0.2) is 41.5 Å². The Labute approximate surface area is 154 Å². The van der Waals surface area contributed by atoms with Gasteiger partial charge in [0.25, 0.3) is 0 Å². The van der Waals surface area contributed by atoms with E-state index in [4.69, 9.17) is 14.2 Å². The number of hydrogen-bond acceptors (Lipinski definition) is 8. The molecule has 0 aliphatic rings. The number of benzene rings is 2. The highest BCUT2D eigenvalue weighted by atomic mass is 32.1. The lowest BCUT2D eigenvalue weighted by Gasteiger charge is -2.13. The summed E-state index contributed by atoms with van der Waals surface area (Å²) in [5.74, 6) is 0.529. The molecule has 0 radical (unpaired) electrons. The van der Waals surface area contributed by atoms with Crippen LogP contribution in [-0.4, -0.2) is 31.4 Å². The van der Waals surface area contributed by atoms with Crippen LogP contribution in [0.25, 0.3) is 10.2 Å². The van der Waals surface area contributed by atoms with Gasteiger partial charge in [0.1, 0.15) is 0 Å². The van der Waals surface area contributed by atoms with Crippen LogP contribution in [0.3, 0.4) is 0 Å². The molecule has 0 atom stereocenters. The zero-order valence-corrected chi connectivity index (χ0v) is 15.3. The van der Waals surface area contributed by atoms with E-state index in [1.54, 1.807) is 18.3 Å². The van der Waals surface area contributed by atoms with E-state index in [1.807, 2.05) is 24.3 Å². The van der Waals surface area contributed by atoms with Crippen LogP contribution < -0.4 is 19.6 Å². The van der Waals surface area contributed by atoms with Gasteiger partial charge in [0.05, 0.1) is 30.7 Å². The quantitative estimate of drug-likeness (QED) is 0.308. The molecule has 2 aromatic carbocycles. The van der Waals surface area contributed by atoms with E-state index in [0.29, 0.717) is 22.2 Å². The number of carbonyl (C=O) groups is 1. The first-order valence-electron chi connectivity index (χ1n) is 7.70. The highest BCUT2D eigenvalue weighted by molar-refractivity contribution is 7.22. The fourth-order valence-corrected chi connectivity index (χ4v) is 3.12. The van der Waals surface area contributed by atoms with Crippen molar-refractivity contribution in [1.82, 2.24) is 4.98 Å². The first kappa shape index (κ1) is 17.7. The largest absolute Gasteiger partial charge is 0.493 e. The molecule has 1 aromatic heterocycles. The average molecular weight is 371 g/mol. The van der Waals surface area contributed by atoms with Gasteiger partial charge in [-0.3, -0.25) is 10.2 Å². The van der Waals surface area contributed by atoms with E-state index in [-0.39, 0.29) is 5.75 Å². The number of hydrogen-bond donors (Lipinski definition) is 1. The third-order valence-electron chi connectivity index (χ3n) is 3.40. The molecule has 3 rings (SSSR count). The number of nitrogens with zero attached hydrogens (tertiary/aromatic N) is 2. The van der Waals surface area contributed by atoms with Crippen LogP contribution >= 0.6 is 11.3 Å². The molecule has 134 valence electrons. The second-order valence-corrected chi connectivity index (χ2v) is 6.24. The number of esters is 1. The van der Waals surface area contributed by atoms with Crippen molar-refractivity contribution in [2.24, 2.45) is 5.10 Å². The normalized spacial score (nSPS) is 10.9. The summed E-state index contributed by atoms with van der Waals surface area (Å²) in [6.45, 7) is 1.32. The number of ether oxygens (including phenoxy) is 3. The minimum absolute atomic E-state index is 0.235. The lowest BCUT2D eigenvalue weighted by Crippen LogP contribution is -2.05. The monoisotopic (exact) mass is 371 g/mol. The van der Waals surface area contributed by atoms with Gasteiger partial charge in [-0.25, -0.2) is 4.98 Å². The Morgan fingerprint density at radius 3 is 2.50 bits per heavy atom. The molecule has 1 N–H and O–H groups in total. The number of aromatic nitrogens is 1. The molecule has 26 heavy (non-hydrogen) atoms. The maximum atomic E-state index is 11.3. The molecule has 0 aliphatic heterocycles. The van der Waals surface area contributed by atoms with Crippen LogP contribution in [0.5, 0.6) is 17.2 Å². The highest BCUT2D eigenvalue weighted by Gasteiger charge is 2.15. The smallest absolute Gasteiger partial charge is 0.308 e. The standard InChI is InChI=1S/C18H17N3O4S/c1-11(22)25-17-14(23-2)8-12(9-15(17)24-3)10-19-21-18-20-13-6-4-5-7-16(13)26-18/h4-10H,1-3H3,(H,20,21)/b19-10+. The van der Waals surface area contributed by atoms with E-state index in [1.165, 1.54) is 32.5 Å². The SMILES string of the molecule is COc1cc(/C=N/Nc2nc3ccccc3s2)cc(OC)c1OC(C)=O. The highest BCUT2D eigenvalue weighted by Crippen LogP contribution is 2.38. The van der Waals surface area contributed by atoms with Gasteiger partial charge in [-0.15, -0.1) is 0 Å². The van der Waals surface area contributed by atoms with Gasteiger partial charge in [0.15, 0.2) is 11.5 Å². The number of thiazole rings is 1. The van der Waals surface area contributed by atoms with Crippen LogP contribution in [0.2, 0.25) is 0 Å². The molecule has 0 amide bonds. The fourth-order valence-electron chi connectivity index (χ4n) is 2.30. The number of anilines is 1. The zero-order valence-electron chi connectivity index (χ0n) is 14.5. The van der Waals surface area contributed by atoms with E-state index in [0.717, 1.165) is 10.2 Å². The van der Waals surface area contributed by atoms with Crippen molar-refractivity contribution in [3.8, 4) is 17.2 Å². The zero-order chi connectivity index (χ0) is 18.5. The van der Waals surface area contributed by atoms with Crippen molar-refractivity contribution in [3.05, 3.63) is 42.0 Å². The third-order valence-corrected chi connectivity index (χ3v) is 4.34. The number of hydrazone groups is 1. The van der Waals surface area contributed by atoms with E-state index in [9.17, 15) is 4.79 Å². The molecule has 1 heterocycles. The summed E-state index contributed by atoms with van der Waals surface area (Å²) >= 11 is 1.51. The molecule has 8 heteroatoms. The van der Waals surface area contributed by atoms with Crippen molar-refractivity contribution >= 4 is 38.9 Å². The summed E-state index contributed by atoms with van der Waals surface area (Å²) < 4.78 is 16.8. The van der Waals surface area contributed by atoms with Crippen molar-refractivity contribution < 1.29 is 19.0 Å². The van der Waals surface area contributed by atoms with Crippen molar-refractivity contribution in [2.45, 2.75) is 6.92 Å². The topological polar surface area (TPSA) is 82.0 Å². The summed E-state index contributed by atoms with van der Waals surface area (Å²) in [5.41, 5.74) is 4.55. The predicted molar refractivity (Wildman–Crippen MR) is 102 cm³/mol. The van der Waals surface area contributed by atoms with Gasteiger partial charge in [0, 0.05) is 12.5 Å². The number of nitrogens with one attached hydrogen (secondary N) is 1. The maximum Gasteiger partial charge on any atom is 0.308 e.